The molecule has 11 heteroatoms. The fraction of sp³-hybridized carbons (Fsp3) is 0.222. The van der Waals surface area contributed by atoms with E-state index in [2.05, 4.69) is 10.6 Å². The van der Waals surface area contributed by atoms with Crippen molar-refractivity contribution in [1.82, 2.24) is 15.5 Å². The van der Waals surface area contributed by atoms with E-state index in [0.717, 1.165) is 21.9 Å². The molecule has 0 unspecified atom stereocenters. The first-order chi connectivity index (χ1) is 13.9. The number of non-ortho nitro benzene ring substituents is 1. The van der Waals surface area contributed by atoms with Crippen molar-refractivity contribution < 1.29 is 24.1 Å². The molecule has 2 heterocycles. The molecule has 0 radical (unpaired) electrons. The molecule has 150 valence electrons. The summed E-state index contributed by atoms with van der Waals surface area (Å²) in [4.78, 5) is 60.3. The predicted octanol–water partition coefficient (Wildman–Crippen LogP) is 0.727. The third kappa shape index (κ3) is 4.63. The molecule has 1 aliphatic rings. The highest BCUT2D eigenvalue weighted by Gasteiger charge is 2.37. The summed E-state index contributed by atoms with van der Waals surface area (Å²) < 4.78 is 0. The van der Waals surface area contributed by atoms with E-state index in [4.69, 9.17) is 0 Å². The van der Waals surface area contributed by atoms with Gasteiger partial charge in [0.1, 0.15) is 6.54 Å². The number of nitrogens with one attached hydrogen (secondary N) is 2. The third-order valence-corrected chi connectivity index (χ3v) is 5.03. The summed E-state index contributed by atoms with van der Waals surface area (Å²) in [6.45, 7) is -0.183. The summed E-state index contributed by atoms with van der Waals surface area (Å²) in [6, 6.07) is 7.06. The van der Waals surface area contributed by atoms with Crippen molar-refractivity contribution in [2.24, 2.45) is 0 Å². The lowest BCUT2D eigenvalue weighted by atomic mass is 10.1. The van der Waals surface area contributed by atoms with Gasteiger partial charge >= 0.3 is 0 Å². The van der Waals surface area contributed by atoms with Crippen LogP contribution in [0.1, 0.15) is 25.6 Å². The van der Waals surface area contributed by atoms with Crippen LogP contribution in [0.25, 0.3) is 0 Å². The Morgan fingerprint density at radius 3 is 2.38 bits per heavy atom. The van der Waals surface area contributed by atoms with Gasteiger partial charge in [0.15, 0.2) is 0 Å². The Balaban J connectivity index is 1.47. The first-order valence-electron chi connectivity index (χ1n) is 8.57. The van der Waals surface area contributed by atoms with E-state index < -0.39 is 29.2 Å². The number of hydrogen-bond donors (Lipinski definition) is 2. The molecule has 29 heavy (non-hydrogen) atoms. The van der Waals surface area contributed by atoms with E-state index in [1.54, 1.807) is 0 Å². The van der Waals surface area contributed by atoms with Crippen molar-refractivity contribution in [1.29, 1.82) is 0 Å². The summed E-state index contributed by atoms with van der Waals surface area (Å²) in [7, 11) is 0. The van der Waals surface area contributed by atoms with Gasteiger partial charge < -0.3 is 10.6 Å². The van der Waals surface area contributed by atoms with Crippen molar-refractivity contribution in [2.75, 3.05) is 19.6 Å². The molecule has 2 N–H and O–H groups in total. The lowest BCUT2D eigenvalue weighted by Crippen LogP contribution is -2.42. The Bertz CT molecular complexity index is 988. The Morgan fingerprint density at radius 2 is 1.72 bits per heavy atom. The Kier molecular flexibility index (Phi) is 5.98. The van der Waals surface area contributed by atoms with Crippen molar-refractivity contribution in [3.05, 3.63) is 61.8 Å². The summed E-state index contributed by atoms with van der Waals surface area (Å²) in [5.41, 5.74) is -0.387. The number of imide groups is 1. The Labute approximate surface area is 168 Å². The fourth-order valence-corrected chi connectivity index (χ4v) is 3.48. The number of carbonyl (C=O) groups excluding carboxylic acids is 4. The van der Waals surface area contributed by atoms with Crippen LogP contribution in [0.3, 0.4) is 0 Å². The highest BCUT2D eigenvalue weighted by atomic mass is 32.1. The zero-order chi connectivity index (χ0) is 21.0. The number of thiophene rings is 1. The van der Waals surface area contributed by atoms with Crippen LogP contribution in [0.15, 0.2) is 35.7 Å². The Morgan fingerprint density at radius 1 is 1.03 bits per heavy atom. The SMILES string of the molecule is O=C(Cc1cccs1)NCCNC(=O)CN1C(=O)c2ccc([N+](=O)[O-])cc2C1=O. The normalized spacial score (nSPS) is 12.6. The smallest absolute Gasteiger partial charge is 0.270 e. The second-order valence-corrected chi connectivity index (χ2v) is 7.17. The van der Waals surface area contributed by atoms with Gasteiger partial charge in [0, 0.05) is 30.1 Å². The van der Waals surface area contributed by atoms with Crippen LogP contribution in [0.4, 0.5) is 5.69 Å². The van der Waals surface area contributed by atoms with E-state index in [1.165, 1.54) is 17.4 Å². The topological polar surface area (TPSA) is 139 Å². The van der Waals surface area contributed by atoms with E-state index in [0.29, 0.717) is 0 Å². The number of benzene rings is 1. The number of nitro benzene ring substituents is 1. The maximum absolute atomic E-state index is 12.3. The zero-order valence-electron chi connectivity index (χ0n) is 15.0. The third-order valence-electron chi connectivity index (χ3n) is 4.15. The molecule has 0 saturated carbocycles. The molecule has 0 fully saturated rings. The number of nitrogens with zero attached hydrogens (tertiary/aromatic N) is 2. The lowest BCUT2D eigenvalue weighted by Gasteiger charge is -2.13. The predicted molar refractivity (Wildman–Crippen MR) is 103 cm³/mol. The minimum absolute atomic E-state index is 0.0224. The molecular formula is C18H16N4O6S. The molecule has 3 rings (SSSR count). The van der Waals surface area contributed by atoms with E-state index in [-0.39, 0.29) is 42.2 Å². The molecule has 0 aliphatic carbocycles. The first kappa shape index (κ1) is 20.1. The average Bonchev–Trinajstić information content (AvgIpc) is 3.27. The van der Waals surface area contributed by atoms with Crippen LogP contribution in [-0.2, 0) is 16.0 Å². The van der Waals surface area contributed by atoms with Crippen LogP contribution in [-0.4, -0.2) is 53.1 Å². The number of carbonyl (C=O) groups is 4. The van der Waals surface area contributed by atoms with Crippen molar-refractivity contribution in [3.8, 4) is 0 Å². The maximum atomic E-state index is 12.3. The highest BCUT2D eigenvalue weighted by molar-refractivity contribution is 7.10. The number of fused-ring (bicyclic) bond motifs is 1. The molecule has 0 bridgehead atoms. The van der Waals surface area contributed by atoms with Gasteiger partial charge in [0.25, 0.3) is 17.5 Å². The number of amides is 4. The first-order valence-corrected chi connectivity index (χ1v) is 9.45. The van der Waals surface area contributed by atoms with Gasteiger partial charge in [-0.25, -0.2) is 0 Å². The quantitative estimate of drug-likeness (QED) is 0.281. The lowest BCUT2D eigenvalue weighted by molar-refractivity contribution is -0.384. The molecule has 1 aliphatic heterocycles. The van der Waals surface area contributed by atoms with Crippen molar-refractivity contribution >= 4 is 40.7 Å². The van der Waals surface area contributed by atoms with Crippen LogP contribution >= 0.6 is 11.3 Å². The molecule has 1 aromatic carbocycles. The summed E-state index contributed by atoms with van der Waals surface area (Å²) in [6.07, 6.45) is 0.257. The molecular weight excluding hydrogens is 400 g/mol. The number of rotatable bonds is 8. The zero-order valence-corrected chi connectivity index (χ0v) is 15.9. The van der Waals surface area contributed by atoms with Gasteiger partial charge in [-0.15, -0.1) is 11.3 Å². The molecule has 10 nitrogen and oxygen atoms in total. The van der Waals surface area contributed by atoms with Gasteiger partial charge in [-0.05, 0) is 17.5 Å². The van der Waals surface area contributed by atoms with Gasteiger partial charge in [0.05, 0.1) is 22.5 Å². The van der Waals surface area contributed by atoms with E-state index in [9.17, 15) is 29.3 Å². The number of nitro groups is 1. The minimum atomic E-state index is -0.756. The maximum Gasteiger partial charge on any atom is 0.270 e. The van der Waals surface area contributed by atoms with E-state index in [1.807, 2.05) is 17.5 Å². The van der Waals surface area contributed by atoms with Gasteiger partial charge in [-0.3, -0.25) is 34.2 Å². The van der Waals surface area contributed by atoms with E-state index >= 15 is 0 Å². The molecule has 1 aromatic heterocycles. The second-order valence-electron chi connectivity index (χ2n) is 6.14. The summed E-state index contributed by atoms with van der Waals surface area (Å²) in [5, 5.41) is 17.9. The standard InChI is InChI=1S/C18H16N4O6S/c23-15(9-12-2-1-7-29-12)19-5-6-20-16(24)10-21-17(25)13-4-3-11(22(27)28)8-14(13)18(21)26/h1-4,7-8H,5-6,9-10H2,(H,19,23)(H,20,24). The molecule has 0 atom stereocenters. The summed E-state index contributed by atoms with van der Waals surface area (Å²) >= 11 is 1.47. The minimum Gasteiger partial charge on any atom is -0.354 e. The molecule has 0 spiro atoms. The largest absolute Gasteiger partial charge is 0.354 e. The van der Waals surface area contributed by atoms with Crippen LogP contribution in [0.2, 0.25) is 0 Å². The molecule has 0 saturated heterocycles. The van der Waals surface area contributed by atoms with Crippen LogP contribution in [0.5, 0.6) is 0 Å². The molecule has 4 amide bonds. The monoisotopic (exact) mass is 416 g/mol. The second kappa shape index (κ2) is 8.61. The van der Waals surface area contributed by atoms with Gasteiger partial charge in [0.2, 0.25) is 11.8 Å². The van der Waals surface area contributed by atoms with Crippen LogP contribution < -0.4 is 10.6 Å². The highest BCUT2D eigenvalue weighted by Crippen LogP contribution is 2.26. The van der Waals surface area contributed by atoms with Gasteiger partial charge in [-0.2, -0.15) is 0 Å². The average molecular weight is 416 g/mol. The molecule has 2 aromatic rings. The van der Waals surface area contributed by atoms with Crippen molar-refractivity contribution in [2.45, 2.75) is 6.42 Å². The number of hydrogen-bond acceptors (Lipinski definition) is 7. The van der Waals surface area contributed by atoms with Crippen molar-refractivity contribution in [3.63, 3.8) is 0 Å². The van der Waals surface area contributed by atoms with Gasteiger partial charge in [-0.1, -0.05) is 6.07 Å². The van der Waals surface area contributed by atoms with Crippen LogP contribution in [0, 0.1) is 10.1 Å². The Hall–Kier alpha value is -3.60. The summed E-state index contributed by atoms with van der Waals surface area (Å²) in [5.74, 6) is -2.20. The fourth-order valence-electron chi connectivity index (χ4n) is 2.77.